The average molecular weight is 520 g/mol. The third-order valence-corrected chi connectivity index (χ3v) is 6.82. The van der Waals surface area contributed by atoms with Crippen molar-refractivity contribution in [2.45, 2.75) is 31.3 Å². The van der Waals surface area contributed by atoms with Crippen LogP contribution in [0.1, 0.15) is 37.0 Å². The van der Waals surface area contributed by atoms with Gasteiger partial charge in [0.1, 0.15) is 11.9 Å². The predicted molar refractivity (Wildman–Crippen MR) is 135 cm³/mol. The summed E-state index contributed by atoms with van der Waals surface area (Å²) < 4.78 is 7.15. The van der Waals surface area contributed by atoms with Crippen molar-refractivity contribution >= 4 is 17.9 Å². The molecule has 0 radical (unpaired) electrons. The molecule has 1 aliphatic rings. The van der Waals surface area contributed by atoms with Gasteiger partial charge in [0.2, 0.25) is 0 Å². The minimum absolute atomic E-state index is 0. The van der Waals surface area contributed by atoms with E-state index >= 15 is 0 Å². The van der Waals surface area contributed by atoms with Crippen molar-refractivity contribution in [3.05, 3.63) is 96.2 Å². The molecule has 1 amide bonds. The van der Waals surface area contributed by atoms with E-state index in [-0.39, 0.29) is 51.4 Å². The van der Waals surface area contributed by atoms with Crippen LogP contribution in [0.25, 0.3) is 22.3 Å². The Labute approximate surface area is 258 Å². The molecule has 0 unspecified atom stereocenters. The van der Waals surface area contributed by atoms with Crippen LogP contribution in [-0.2, 0) is 22.0 Å². The number of carboxylic acids is 1. The largest absolute Gasteiger partial charge is 1.00 e. The normalized spacial score (nSPS) is 14.2. The maximum absolute atomic E-state index is 12.6. The summed E-state index contributed by atoms with van der Waals surface area (Å²) in [5, 5.41) is 18.6. The van der Waals surface area contributed by atoms with Crippen molar-refractivity contribution in [2.24, 2.45) is 7.05 Å². The second-order valence-corrected chi connectivity index (χ2v) is 9.14. The first kappa shape index (κ1) is 27.3. The predicted octanol–water partition coefficient (Wildman–Crippen LogP) is 1.85. The first-order valence-electron chi connectivity index (χ1n) is 11.8. The summed E-state index contributed by atoms with van der Waals surface area (Å²) in [7, 11) is 1.76. The molecule has 182 valence electrons. The number of carbonyl (C=O) groups is 2. The number of nitrogens with zero attached hydrogens (tertiary/aromatic N) is 2. The van der Waals surface area contributed by atoms with Gasteiger partial charge in [0.15, 0.2) is 0 Å². The number of nitrogens with one attached hydrogen (secondary N) is 1. The smallest absolute Gasteiger partial charge is 0.549 e. The number of hydrogen-bond donors (Lipinski definition) is 1. The molecule has 1 aromatic heterocycles. The van der Waals surface area contributed by atoms with E-state index in [0.29, 0.717) is 18.7 Å². The molecule has 1 N–H and O–H groups in total. The molecule has 1 heterocycles. The molecule has 0 spiro atoms. The Balaban J connectivity index is 0.00000320. The molecule has 1 aliphatic carbocycles. The van der Waals surface area contributed by atoms with E-state index in [2.05, 4.69) is 10.4 Å². The van der Waals surface area contributed by atoms with Crippen molar-refractivity contribution in [2.75, 3.05) is 5.32 Å². The van der Waals surface area contributed by atoms with Crippen LogP contribution in [0.15, 0.2) is 85.1 Å². The maximum Gasteiger partial charge on any atom is 1.00 e. The Kier molecular flexibility index (Phi) is 8.35. The van der Waals surface area contributed by atoms with Gasteiger partial charge in [0.05, 0.1) is 12.2 Å². The monoisotopic (exact) mass is 519 g/mol. The molecule has 0 bridgehead atoms. The summed E-state index contributed by atoms with van der Waals surface area (Å²) in [4.78, 5) is 24.1. The Hall–Kier alpha value is -2.75. The molecule has 8 heteroatoms. The number of amides is 1. The van der Waals surface area contributed by atoms with E-state index in [1.807, 2.05) is 85.8 Å². The van der Waals surface area contributed by atoms with Gasteiger partial charge in [0, 0.05) is 18.0 Å². The Morgan fingerprint density at radius 3 is 2.08 bits per heavy atom. The molecule has 1 atom stereocenters. The number of carboxylic acid groups (broad SMARTS) is 1. The zero-order valence-corrected chi connectivity index (χ0v) is 24.2. The van der Waals surface area contributed by atoms with Gasteiger partial charge < -0.3 is 14.6 Å². The number of rotatable bonds is 7. The third kappa shape index (κ3) is 5.73. The van der Waals surface area contributed by atoms with Gasteiger partial charge in [-0.3, -0.25) is 10.00 Å². The molecule has 7 nitrogen and oxygen atoms in total. The summed E-state index contributed by atoms with van der Waals surface area (Å²) in [6.45, 7) is 1.83. The van der Waals surface area contributed by atoms with E-state index < -0.39 is 23.6 Å². The van der Waals surface area contributed by atoms with Crippen LogP contribution in [0, 0.1) is 0 Å². The average Bonchev–Trinajstić information content (AvgIpc) is 3.64. The zero-order chi connectivity index (χ0) is 25.3. The van der Waals surface area contributed by atoms with Gasteiger partial charge in [-0.1, -0.05) is 78.9 Å². The Morgan fingerprint density at radius 2 is 1.51 bits per heavy atom. The van der Waals surface area contributed by atoms with Crippen LogP contribution in [0.2, 0.25) is 0 Å². The van der Waals surface area contributed by atoms with Gasteiger partial charge in [0.25, 0.3) is 0 Å². The summed E-state index contributed by atoms with van der Waals surface area (Å²) in [6.07, 6.45) is 2.01. The molecule has 5 rings (SSSR count). The van der Waals surface area contributed by atoms with Crippen LogP contribution in [0.3, 0.4) is 0 Å². The van der Waals surface area contributed by atoms with Crippen molar-refractivity contribution in [1.82, 2.24) is 9.78 Å². The number of ether oxygens (including phenoxy) is 1. The second-order valence-electron chi connectivity index (χ2n) is 9.14. The van der Waals surface area contributed by atoms with E-state index in [1.165, 1.54) is 0 Å². The molecule has 0 aliphatic heterocycles. The number of aryl methyl sites for hydroxylation is 1. The number of aliphatic carboxylic acids is 1. The fourth-order valence-corrected chi connectivity index (χ4v) is 4.44. The number of hydrogen-bond acceptors (Lipinski definition) is 5. The van der Waals surface area contributed by atoms with Gasteiger partial charge >= 0.3 is 57.5 Å². The molecular formula is C29H26KN3O4. The van der Waals surface area contributed by atoms with Gasteiger partial charge in [-0.2, -0.15) is 5.10 Å². The number of aromatic nitrogens is 2. The minimum Gasteiger partial charge on any atom is -0.549 e. The molecule has 4 aromatic rings. The number of carbonyl (C=O) groups excluding carboxylic acids is 2. The summed E-state index contributed by atoms with van der Waals surface area (Å²) in [6, 6.07) is 25.1. The number of anilines is 1. The van der Waals surface area contributed by atoms with Crippen LogP contribution in [0.4, 0.5) is 10.6 Å². The topological polar surface area (TPSA) is 96.3 Å². The zero-order valence-electron chi connectivity index (χ0n) is 21.1. The standard InChI is InChI=1S/C29H27N3O4.K/c1-19(20-6-4-3-5-7-20)36-28(35)31-26-25(18-30-32(26)2)23-10-8-21(9-11-23)22-12-14-24(15-13-22)29(16-17-29)27(33)34;/h3-15,18-19H,16-17H2,1-2H3,(H,31,35)(H,33,34);/q;+1/p-1/t19-;/m1./s1. The molecule has 37 heavy (non-hydrogen) atoms. The molecule has 0 saturated heterocycles. The van der Waals surface area contributed by atoms with Gasteiger partial charge in [-0.05, 0) is 47.6 Å². The molecule has 3 aromatic carbocycles. The van der Waals surface area contributed by atoms with Gasteiger partial charge in [-0.15, -0.1) is 0 Å². The van der Waals surface area contributed by atoms with E-state index in [0.717, 1.165) is 33.4 Å². The second kappa shape index (κ2) is 11.3. The first-order chi connectivity index (χ1) is 17.4. The van der Waals surface area contributed by atoms with E-state index in [9.17, 15) is 14.7 Å². The van der Waals surface area contributed by atoms with Crippen LogP contribution < -0.4 is 61.8 Å². The molecular weight excluding hydrogens is 493 g/mol. The molecule has 1 fully saturated rings. The maximum atomic E-state index is 12.6. The van der Waals surface area contributed by atoms with Crippen LogP contribution >= 0.6 is 0 Å². The van der Waals surface area contributed by atoms with Crippen molar-refractivity contribution in [3.8, 4) is 22.3 Å². The SMILES string of the molecule is C[C@@H](OC(=O)Nc1c(-c2ccc(-c3ccc(C4(C(=O)[O-])CC4)cc3)cc2)cnn1C)c1ccccc1.[K+]. The summed E-state index contributed by atoms with van der Waals surface area (Å²) in [5.41, 5.74) is 4.54. The minimum atomic E-state index is -1.00. The fourth-order valence-electron chi connectivity index (χ4n) is 4.44. The number of benzene rings is 3. The Bertz CT molecular complexity index is 1400. The van der Waals surface area contributed by atoms with Crippen molar-refractivity contribution in [1.29, 1.82) is 0 Å². The molecule has 1 saturated carbocycles. The van der Waals surface area contributed by atoms with E-state index in [1.54, 1.807) is 17.9 Å². The van der Waals surface area contributed by atoms with Crippen LogP contribution in [-0.4, -0.2) is 21.8 Å². The van der Waals surface area contributed by atoms with Crippen molar-refractivity contribution in [3.63, 3.8) is 0 Å². The van der Waals surface area contributed by atoms with E-state index in [4.69, 9.17) is 4.74 Å². The summed E-state index contributed by atoms with van der Waals surface area (Å²) in [5.74, 6) is -0.465. The Morgan fingerprint density at radius 1 is 0.946 bits per heavy atom. The van der Waals surface area contributed by atoms with Crippen molar-refractivity contribution < 1.29 is 70.8 Å². The van der Waals surface area contributed by atoms with Crippen LogP contribution in [0.5, 0.6) is 0 Å². The van der Waals surface area contributed by atoms with Gasteiger partial charge in [-0.25, -0.2) is 4.79 Å². The quantitative estimate of drug-likeness (QED) is 0.376. The fraction of sp³-hybridized carbons (Fsp3) is 0.207. The summed E-state index contributed by atoms with van der Waals surface area (Å²) >= 11 is 0. The first-order valence-corrected chi connectivity index (χ1v) is 11.8. The third-order valence-electron chi connectivity index (χ3n) is 6.82.